The quantitative estimate of drug-likeness (QED) is 0.486. The third kappa shape index (κ3) is 4.56. The van der Waals surface area contributed by atoms with Gasteiger partial charge < -0.3 is 19.5 Å². The Bertz CT molecular complexity index is 1190. The fourth-order valence-electron chi connectivity index (χ4n) is 2.96. The van der Waals surface area contributed by atoms with Gasteiger partial charge in [-0.3, -0.25) is 14.6 Å². The molecule has 0 radical (unpaired) electrons. The predicted octanol–water partition coefficient (Wildman–Crippen LogP) is 2.27. The number of anilines is 1. The highest BCUT2D eigenvalue weighted by atomic mass is 32.2. The molecule has 3 aromatic rings. The number of H-pyrrole nitrogens is 1. The summed E-state index contributed by atoms with van der Waals surface area (Å²) in [5.74, 6) is 1.27. The molecular formula is C20H20N4O6S. The Hall–Kier alpha value is -3.73. The number of aromatic amines is 1. The fourth-order valence-corrected chi connectivity index (χ4v) is 4.12. The molecule has 31 heavy (non-hydrogen) atoms. The predicted molar refractivity (Wildman–Crippen MR) is 111 cm³/mol. The van der Waals surface area contributed by atoms with Crippen LogP contribution in [0, 0.1) is 0 Å². The minimum absolute atomic E-state index is 0.0980. The first-order valence-corrected chi connectivity index (χ1v) is 10.9. The minimum atomic E-state index is -4.07. The number of rotatable bonds is 8. The van der Waals surface area contributed by atoms with E-state index in [4.69, 9.17) is 14.2 Å². The Kier molecular flexibility index (Phi) is 5.67. The Morgan fingerprint density at radius 3 is 2.71 bits per heavy atom. The number of nitrogens with zero attached hydrogens (tertiary/aromatic N) is 1. The molecule has 0 aliphatic carbocycles. The van der Waals surface area contributed by atoms with Gasteiger partial charge in [0, 0.05) is 12.2 Å². The summed E-state index contributed by atoms with van der Waals surface area (Å²) in [5.41, 5.74) is 1.00. The topological polar surface area (TPSA) is 132 Å². The number of carbonyl (C=O) groups excluding carboxylic acids is 1. The average Bonchev–Trinajstić information content (AvgIpc) is 3.43. The number of sulfonamides is 1. The van der Waals surface area contributed by atoms with Gasteiger partial charge in [-0.25, -0.2) is 0 Å². The molecular weight excluding hydrogens is 424 g/mol. The second kappa shape index (κ2) is 8.56. The van der Waals surface area contributed by atoms with Crippen LogP contribution in [-0.4, -0.2) is 37.9 Å². The Labute approximate surface area is 178 Å². The lowest BCUT2D eigenvalue weighted by Gasteiger charge is -2.10. The zero-order valence-corrected chi connectivity index (χ0v) is 17.4. The van der Waals surface area contributed by atoms with Crippen molar-refractivity contribution < 1.29 is 27.4 Å². The van der Waals surface area contributed by atoms with Gasteiger partial charge in [0.25, 0.3) is 15.9 Å². The molecule has 1 aliphatic rings. The van der Waals surface area contributed by atoms with Crippen LogP contribution in [0.2, 0.25) is 0 Å². The number of fused-ring (bicyclic) bond motifs is 1. The van der Waals surface area contributed by atoms with Crippen molar-refractivity contribution in [3.8, 4) is 17.2 Å². The van der Waals surface area contributed by atoms with Crippen molar-refractivity contribution in [3.05, 3.63) is 59.8 Å². The number of nitrogens with one attached hydrogen (secondary N) is 3. The summed E-state index contributed by atoms with van der Waals surface area (Å²) in [6, 6.07) is 11.7. The molecule has 0 unspecified atom stereocenters. The molecule has 4 rings (SSSR count). The van der Waals surface area contributed by atoms with Gasteiger partial charge in [-0.2, -0.15) is 13.5 Å². The number of benzene rings is 2. The maximum absolute atomic E-state index is 12.8. The summed E-state index contributed by atoms with van der Waals surface area (Å²) >= 11 is 0. The number of amides is 1. The highest BCUT2D eigenvalue weighted by Gasteiger charge is 2.25. The van der Waals surface area contributed by atoms with Crippen LogP contribution in [0.15, 0.2) is 53.7 Å². The Morgan fingerprint density at radius 2 is 1.94 bits per heavy atom. The summed E-state index contributed by atoms with van der Waals surface area (Å²) < 4.78 is 43.9. The van der Waals surface area contributed by atoms with Crippen LogP contribution in [-0.2, 0) is 16.6 Å². The second-order valence-electron chi connectivity index (χ2n) is 6.55. The zero-order chi connectivity index (χ0) is 21.8. The second-order valence-corrected chi connectivity index (χ2v) is 8.17. The van der Waals surface area contributed by atoms with Crippen LogP contribution in [0.25, 0.3) is 0 Å². The third-order valence-corrected chi connectivity index (χ3v) is 5.78. The third-order valence-electron chi connectivity index (χ3n) is 4.43. The summed E-state index contributed by atoms with van der Waals surface area (Å²) in [6.45, 7) is 2.69. The average molecular weight is 444 g/mol. The van der Waals surface area contributed by atoms with Gasteiger partial charge in [0.1, 0.15) is 5.75 Å². The van der Waals surface area contributed by atoms with Crippen LogP contribution < -0.4 is 24.2 Å². The molecule has 11 heteroatoms. The molecule has 1 amide bonds. The summed E-state index contributed by atoms with van der Waals surface area (Å²) in [4.78, 5) is 12.6. The maximum Gasteiger partial charge on any atom is 0.279 e. The van der Waals surface area contributed by atoms with E-state index in [1.165, 1.54) is 6.20 Å². The SMILES string of the molecule is CCOc1ccc(NS(=O)(=O)c2[nH]ncc2C(=O)NCc2ccc3c(c2)OCO3)cc1. The van der Waals surface area contributed by atoms with Crippen molar-refractivity contribution >= 4 is 21.6 Å². The molecule has 162 valence electrons. The van der Waals surface area contributed by atoms with E-state index in [1.807, 2.05) is 6.92 Å². The molecule has 0 bridgehead atoms. The lowest BCUT2D eigenvalue weighted by atomic mass is 10.2. The molecule has 1 aliphatic heterocycles. The number of carbonyl (C=O) groups is 1. The van der Waals surface area contributed by atoms with Gasteiger partial charge in [-0.05, 0) is 48.9 Å². The van der Waals surface area contributed by atoms with E-state index in [0.29, 0.717) is 29.5 Å². The lowest BCUT2D eigenvalue weighted by molar-refractivity contribution is 0.0947. The molecule has 1 aromatic heterocycles. The molecule has 0 spiro atoms. The van der Waals surface area contributed by atoms with Crippen LogP contribution in [0.1, 0.15) is 22.8 Å². The molecule has 3 N–H and O–H groups in total. The zero-order valence-electron chi connectivity index (χ0n) is 16.5. The molecule has 0 fully saturated rings. The minimum Gasteiger partial charge on any atom is -0.494 e. The summed E-state index contributed by atoms with van der Waals surface area (Å²) in [6.07, 6.45) is 1.17. The van der Waals surface area contributed by atoms with Crippen molar-refractivity contribution in [2.24, 2.45) is 0 Å². The first kappa shape index (κ1) is 20.5. The standard InChI is InChI=1S/C20H20N4O6S/c1-2-28-15-6-4-14(5-7-15)24-31(26,27)20-16(11-22-23-20)19(25)21-10-13-3-8-17-18(9-13)30-12-29-17/h3-9,11,24H,2,10,12H2,1H3,(H,21,25)(H,22,23). The van der Waals surface area contributed by atoms with Crippen molar-refractivity contribution in [3.63, 3.8) is 0 Å². The molecule has 10 nitrogen and oxygen atoms in total. The largest absolute Gasteiger partial charge is 0.494 e. The van der Waals surface area contributed by atoms with Gasteiger partial charge in [-0.1, -0.05) is 6.07 Å². The highest BCUT2D eigenvalue weighted by molar-refractivity contribution is 7.92. The first-order chi connectivity index (χ1) is 15.0. The maximum atomic E-state index is 12.8. The fraction of sp³-hybridized carbons (Fsp3) is 0.200. The molecule has 2 aromatic carbocycles. The van der Waals surface area contributed by atoms with Gasteiger partial charge in [-0.15, -0.1) is 0 Å². The smallest absolute Gasteiger partial charge is 0.279 e. The van der Waals surface area contributed by atoms with Gasteiger partial charge in [0.15, 0.2) is 16.5 Å². The van der Waals surface area contributed by atoms with E-state index in [0.717, 1.165) is 5.56 Å². The van der Waals surface area contributed by atoms with E-state index in [1.54, 1.807) is 42.5 Å². The van der Waals surface area contributed by atoms with Crippen LogP contribution in [0.5, 0.6) is 17.2 Å². The normalized spacial score (nSPS) is 12.4. The van der Waals surface area contributed by atoms with E-state index in [9.17, 15) is 13.2 Å². The van der Waals surface area contributed by atoms with E-state index >= 15 is 0 Å². The summed E-state index contributed by atoms with van der Waals surface area (Å²) in [5, 5.41) is 8.48. The monoisotopic (exact) mass is 444 g/mol. The van der Waals surface area contributed by atoms with Gasteiger partial charge in [0.05, 0.1) is 18.4 Å². The van der Waals surface area contributed by atoms with E-state index in [2.05, 4.69) is 20.2 Å². The van der Waals surface area contributed by atoms with Crippen LogP contribution >= 0.6 is 0 Å². The van der Waals surface area contributed by atoms with Crippen molar-refractivity contribution in [1.82, 2.24) is 15.5 Å². The van der Waals surface area contributed by atoms with Crippen molar-refractivity contribution in [2.75, 3.05) is 18.1 Å². The van der Waals surface area contributed by atoms with E-state index < -0.39 is 15.9 Å². The summed E-state index contributed by atoms with van der Waals surface area (Å²) in [7, 11) is -4.07. The van der Waals surface area contributed by atoms with Crippen LogP contribution in [0.3, 0.4) is 0 Å². The van der Waals surface area contributed by atoms with Gasteiger partial charge in [0.2, 0.25) is 6.79 Å². The number of hydrogen-bond acceptors (Lipinski definition) is 7. The highest BCUT2D eigenvalue weighted by Crippen LogP contribution is 2.32. The van der Waals surface area contributed by atoms with Crippen LogP contribution in [0.4, 0.5) is 5.69 Å². The molecule has 0 saturated carbocycles. The first-order valence-electron chi connectivity index (χ1n) is 9.42. The molecule has 0 saturated heterocycles. The lowest BCUT2D eigenvalue weighted by Crippen LogP contribution is -2.25. The van der Waals surface area contributed by atoms with Gasteiger partial charge >= 0.3 is 0 Å². The number of ether oxygens (including phenoxy) is 3. The number of aromatic nitrogens is 2. The van der Waals surface area contributed by atoms with Crippen molar-refractivity contribution in [1.29, 1.82) is 0 Å². The molecule has 2 heterocycles. The Balaban J connectivity index is 1.45. The number of hydrogen-bond donors (Lipinski definition) is 3. The van der Waals surface area contributed by atoms with Crippen molar-refractivity contribution in [2.45, 2.75) is 18.5 Å². The van der Waals surface area contributed by atoms with E-state index in [-0.39, 0.29) is 23.9 Å². The Morgan fingerprint density at radius 1 is 1.16 bits per heavy atom. The molecule has 0 atom stereocenters.